The van der Waals surface area contributed by atoms with Gasteiger partial charge in [-0.05, 0) is 25.5 Å². The summed E-state index contributed by atoms with van der Waals surface area (Å²) in [5.41, 5.74) is 6.91. The van der Waals surface area contributed by atoms with E-state index in [1.54, 1.807) is 12.1 Å². The van der Waals surface area contributed by atoms with Crippen LogP contribution < -0.4 is 10.5 Å². The minimum absolute atomic E-state index is 0.000159. The lowest BCUT2D eigenvalue weighted by atomic mass is 10.1. The number of pyridine rings is 1. The van der Waals surface area contributed by atoms with Gasteiger partial charge in [-0.15, -0.1) is 0 Å². The van der Waals surface area contributed by atoms with E-state index in [0.29, 0.717) is 30.6 Å². The van der Waals surface area contributed by atoms with Gasteiger partial charge in [0.2, 0.25) is 5.88 Å². The van der Waals surface area contributed by atoms with Crippen LogP contribution in [-0.4, -0.2) is 35.8 Å². The fourth-order valence-electron chi connectivity index (χ4n) is 1.80. The van der Waals surface area contributed by atoms with Crippen LogP contribution in [0.25, 0.3) is 0 Å². The summed E-state index contributed by atoms with van der Waals surface area (Å²) < 4.78 is 10.9. The van der Waals surface area contributed by atoms with Crippen LogP contribution in [0.5, 0.6) is 5.88 Å². The van der Waals surface area contributed by atoms with Crippen LogP contribution in [0.2, 0.25) is 0 Å². The Bertz CT molecular complexity index is 442. The molecule has 6 heteroatoms. The second-order valence-corrected chi connectivity index (χ2v) is 4.33. The van der Waals surface area contributed by atoms with E-state index in [4.69, 9.17) is 20.4 Å². The number of hydrogen-bond donors (Lipinski definition) is 2. The highest BCUT2D eigenvalue weighted by Crippen LogP contribution is 2.19. The molecule has 18 heavy (non-hydrogen) atoms. The normalized spacial score (nSPS) is 20.1. The number of aryl methyl sites for hydroxylation is 1. The third-order valence-corrected chi connectivity index (χ3v) is 2.86. The first-order chi connectivity index (χ1) is 8.70. The molecule has 1 aliphatic rings. The molecule has 98 valence electrons. The van der Waals surface area contributed by atoms with Crippen LogP contribution in [0, 0.1) is 12.8 Å². The van der Waals surface area contributed by atoms with Crippen molar-refractivity contribution in [2.75, 3.05) is 19.8 Å². The van der Waals surface area contributed by atoms with E-state index in [-0.39, 0.29) is 5.84 Å². The molecular formula is C12H17N3O3. The van der Waals surface area contributed by atoms with Crippen molar-refractivity contribution >= 4 is 5.84 Å². The monoisotopic (exact) mass is 251 g/mol. The minimum atomic E-state index is 0.000159. The lowest BCUT2D eigenvalue weighted by molar-refractivity contribution is 0.165. The molecule has 1 unspecified atom stereocenters. The number of nitrogens with zero attached hydrogens (tertiary/aromatic N) is 2. The zero-order valence-electron chi connectivity index (χ0n) is 10.3. The number of rotatable bonds is 4. The zero-order chi connectivity index (χ0) is 13.0. The summed E-state index contributed by atoms with van der Waals surface area (Å²) in [5.74, 6) is 0.782. The maximum atomic E-state index is 8.72. The Kier molecular flexibility index (Phi) is 3.99. The standard InChI is InChI=1S/C12H17N3O3/c1-8-2-3-10(11(13)15-16)12(14-8)18-7-9-4-5-17-6-9/h2-3,9,16H,4-7H2,1H3,(H2,13,15). The first kappa shape index (κ1) is 12.6. The topological polar surface area (TPSA) is 90.0 Å². The van der Waals surface area contributed by atoms with E-state index in [9.17, 15) is 0 Å². The van der Waals surface area contributed by atoms with Gasteiger partial charge in [0.15, 0.2) is 5.84 Å². The summed E-state index contributed by atoms with van der Waals surface area (Å²) in [6.07, 6.45) is 0.991. The molecule has 2 heterocycles. The highest BCUT2D eigenvalue weighted by Gasteiger charge is 2.18. The number of hydrogen-bond acceptors (Lipinski definition) is 5. The van der Waals surface area contributed by atoms with Crippen LogP contribution in [0.15, 0.2) is 17.3 Å². The molecule has 3 N–H and O–H groups in total. The molecule has 0 bridgehead atoms. The molecule has 0 aliphatic carbocycles. The van der Waals surface area contributed by atoms with Gasteiger partial charge in [0.05, 0.1) is 18.8 Å². The molecule has 1 fully saturated rings. The molecule has 0 radical (unpaired) electrons. The predicted molar refractivity (Wildman–Crippen MR) is 65.9 cm³/mol. The van der Waals surface area contributed by atoms with Gasteiger partial charge in [-0.3, -0.25) is 0 Å². The molecule has 1 atom stereocenters. The number of aromatic nitrogens is 1. The lowest BCUT2D eigenvalue weighted by Crippen LogP contribution is -2.18. The van der Waals surface area contributed by atoms with Crippen LogP contribution in [0.1, 0.15) is 17.7 Å². The molecule has 0 saturated carbocycles. The largest absolute Gasteiger partial charge is 0.477 e. The van der Waals surface area contributed by atoms with E-state index >= 15 is 0 Å². The first-order valence-corrected chi connectivity index (χ1v) is 5.87. The van der Waals surface area contributed by atoms with Gasteiger partial charge < -0.3 is 20.4 Å². The molecule has 0 spiro atoms. The molecule has 2 rings (SSSR count). The van der Waals surface area contributed by atoms with Crippen LogP contribution in [-0.2, 0) is 4.74 Å². The average molecular weight is 251 g/mol. The summed E-state index contributed by atoms with van der Waals surface area (Å²) >= 11 is 0. The second kappa shape index (κ2) is 5.68. The van der Waals surface area contributed by atoms with Crippen molar-refractivity contribution in [3.05, 3.63) is 23.4 Å². The summed E-state index contributed by atoms with van der Waals surface area (Å²) in [7, 11) is 0. The van der Waals surface area contributed by atoms with Crippen molar-refractivity contribution < 1.29 is 14.7 Å². The first-order valence-electron chi connectivity index (χ1n) is 5.87. The Morgan fingerprint density at radius 2 is 2.50 bits per heavy atom. The van der Waals surface area contributed by atoms with E-state index in [1.807, 2.05) is 6.92 Å². The fraction of sp³-hybridized carbons (Fsp3) is 0.500. The number of oxime groups is 1. The smallest absolute Gasteiger partial charge is 0.224 e. The predicted octanol–water partition coefficient (Wildman–Crippen LogP) is 0.900. The van der Waals surface area contributed by atoms with Crippen LogP contribution >= 0.6 is 0 Å². The van der Waals surface area contributed by atoms with E-state index in [1.165, 1.54) is 0 Å². The Morgan fingerprint density at radius 3 is 3.17 bits per heavy atom. The van der Waals surface area contributed by atoms with E-state index < -0.39 is 0 Å². The zero-order valence-corrected chi connectivity index (χ0v) is 10.3. The SMILES string of the molecule is Cc1ccc(C(N)=NO)c(OCC2CCOC2)n1. The summed E-state index contributed by atoms with van der Waals surface area (Å²) in [5, 5.41) is 11.7. The molecule has 6 nitrogen and oxygen atoms in total. The van der Waals surface area contributed by atoms with Crippen molar-refractivity contribution in [1.82, 2.24) is 4.98 Å². The highest BCUT2D eigenvalue weighted by molar-refractivity contribution is 5.99. The van der Waals surface area contributed by atoms with Gasteiger partial charge in [-0.1, -0.05) is 5.16 Å². The van der Waals surface area contributed by atoms with Crippen LogP contribution in [0.3, 0.4) is 0 Å². The Morgan fingerprint density at radius 1 is 1.67 bits per heavy atom. The molecule has 1 aliphatic heterocycles. The van der Waals surface area contributed by atoms with Gasteiger partial charge in [-0.25, -0.2) is 4.98 Å². The van der Waals surface area contributed by atoms with Crippen molar-refractivity contribution in [2.24, 2.45) is 16.8 Å². The Balaban J connectivity index is 2.11. The van der Waals surface area contributed by atoms with Gasteiger partial charge >= 0.3 is 0 Å². The van der Waals surface area contributed by atoms with Crippen molar-refractivity contribution in [1.29, 1.82) is 0 Å². The molecule has 0 amide bonds. The quantitative estimate of drug-likeness (QED) is 0.359. The second-order valence-electron chi connectivity index (χ2n) is 4.33. The van der Waals surface area contributed by atoms with Crippen molar-refractivity contribution in [2.45, 2.75) is 13.3 Å². The van der Waals surface area contributed by atoms with E-state index in [0.717, 1.165) is 18.7 Å². The van der Waals surface area contributed by atoms with Gasteiger partial charge in [0, 0.05) is 18.2 Å². The van der Waals surface area contributed by atoms with Gasteiger partial charge in [-0.2, -0.15) is 0 Å². The molecule has 1 aromatic heterocycles. The number of amidine groups is 1. The van der Waals surface area contributed by atoms with Crippen molar-refractivity contribution in [3.63, 3.8) is 0 Å². The third kappa shape index (κ3) is 2.89. The van der Waals surface area contributed by atoms with Crippen LogP contribution in [0.4, 0.5) is 0 Å². The van der Waals surface area contributed by atoms with Gasteiger partial charge in [0.25, 0.3) is 0 Å². The Hall–Kier alpha value is -1.82. The lowest BCUT2D eigenvalue weighted by Gasteiger charge is -2.12. The highest BCUT2D eigenvalue weighted by atomic mass is 16.5. The summed E-state index contributed by atoms with van der Waals surface area (Å²) in [6, 6.07) is 3.52. The maximum absolute atomic E-state index is 8.72. The van der Waals surface area contributed by atoms with Gasteiger partial charge in [0.1, 0.15) is 0 Å². The van der Waals surface area contributed by atoms with E-state index in [2.05, 4.69) is 10.1 Å². The average Bonchev–Trinajstić information content (AvgIpc) is 2.88. The maximum Gasteiger partial charge on any atom is 0.224 e. The minimum Gasteiger partial charge on any atom is -0.477 e. The summed E-state index contributed by atoms with van der Waals surface area (Å²) in [6.45, 7) is 3.89. The third-order valence-electron chi connectivity index (χ3n) is 2.86. The molecule has 0 aromatic carbocycles. The number of nitrogens with two attached hydrogens (primary N) is 1. The Labute approximate surface area is 105 Å². The summed E-state index contributed by atoms with van der Waals surface area (Å²) in [4.78, 5) is 4.27. The molecule has 1 saturated heterocycles. The molecular weight excluding hydrogens is 234 g/mol. The number of ether oxygens (including phenoxy) is 2. The van der Waals surface area contributed by atoms with Crippen molar-refractivity contribution in [3.8, 4) is 5.88 Å². The fourth-order valence-corrected chi connectivity index (χ4v) is 1.80. The molecule has 1 aromatic rings.